The number of benzene rings is 1. The molecule has 0 aliphatic carbocycles. The summed E-state index contributed by atoms with van der Waals surface area (Å²) in [6.07, 6.45) is 3.17. The molecule has 0 saturated carbocycles. The third-order valence-corrected chi connectivity index (χ3v) is 3.01. The molecule has 2 aromatic heterocycles. The second-order valence-electron chi connectivity index (χ2n) is 3.66. The number of thiol groups is 1. The summed E-state index contributed by atoms with van der Waals surface area (Å²) in [5, 5.41) is 5.74. The third kappa shape index (κ3) is 1.62. The maximum Gasteiger partial charge on any atom is 0.167 e. The fourth-order valence-corrected chi connectivity index (χ4v) is 2.02. The molecule has 6 heteroatoms. The topological polar surface area (TPSA) is 52.8 Å². The summed E-state index contributed by atoms with van der Waals surface area (Å²) >= 11 is 4.29. The van der Waals surface area contributed by atoms with Crippen molar-refractivity contribution in [3.63, 3.8) is 0 Å². The number of aromatic nitrogens is 4. The summed E-state index contributed by atoms with van der Waals surface area (Å²) in [5.74, 6) is 0.738. The molecule has 1 aromatic carbocycles. The van der Waals surface area contributed by atoms with Crippen LogP contribution in [0.1, 0.15) is 0 Å². The standard InChI is InChI=1S/C12H10N4OS/c1-17-10-5-3-2-4-9(10)16-11-8(6-15-16)12(18)14-7-13-11/h2-7H,1H3,(H,13,14,18). The van der Waals surface area contributed by atoms with Crippen molar-refractivity contribution in [2.45, 2.75) is 5.03 Å². The lowest BCUT2D eigenvalue weighted by Gasteiger charge is -2.08. The minimum atomic E-state index is 0.612. The second kappa shape index (κ2) is 4.30. The molecule has 2 heterocycles. The number of rotatable bonds is 2. The number of methoxy groups -OCH3 is 1. The molecule has 0 unspecified atom stereocenters. The zero-order chi connectivity index (χ0) is 12.5. The molecule has 0 aliphatic heterocycles. The number of ether oxygens (including phenoxy) is 1. The van der Waals surface area contributed by atoms with E-state index in [1.165, 1.54) is 6.33 Å². The van der Waals surface area contributed by atoms with E-state index in [4.69, 9.17) is 4.74 Å². The van der Waals surface area contributed by atoms with Gasteiger partial charge in [0.05, 0.1) is 18.7 Å². The van der Waals surface area contributed by atoms with Gasteiger partial charge in [-0.3, -0.25) is 0 Å². The molecule has 0 amide bonds. The van der Waals surface area contributed by atoms with Crippen molar-refractivity contribution in [1.29, 1.82) is 0 Å². The Morgan fingerprint density at radius 3 is 2.89 bits per heavy atom. The van der Waals surface area contributed by atoms with Crippen LogP contribution in [0.15, 0.2) is 41.8 Å². The Bertz CT molecular complexity index is 710. The molecule has 18 heavy (non-hydrogen) atoms. The molecule has 0 N–H and O–H groups in total. The molecule has 0 spiro atoms. The molecule has 5 nitrogen and oxygen atoms in total. The van der Waals surface area contributed by atoms with Crippen molar-refractivity contribution in [2.75, 3.05) is 7.11 Å². The molecule has 0 fully saturated rings. The Labute approximate surface area is 109 Å². The van der Waals surface area contributed by atoms with Crippen LogP contribution in [-0.4, -0.2) is 26.9 Å². The van der Waals surface area contributed by atoms with Crippen molar-refractivity contribution < 1.29 is 4.74 Å². The largest absolute Gasteiger partial charge is 0.494 e. The Kier molecular flexibility index (Phi) is 2.64. The molecule has 0 saturated heterocycles. The second-order valence-corrected chi connectivity index (χ2v) is 4.09. The minimum absolute atomic E-state index is 0.612. The highest BCUT2D eigenvalue weighted by Crippen LogP contribution is 2.26. The highest BCUT2D eigenvalue weighted by Gasteiger charge is 2.12. The van der Waals surface area contributed by atoms with Gasteiger partial charge in [0.2, 0.25) is 0 Å². The first kappa shape index (κ1) is 11.0. The van der Waals surface area contributed by atoms with E-state index in [-0.39, 0.29) is 0 Å². The summed E-state index contributed by atoms with van der Waals surface area (Å²) in [7, 11) is 1.63. The predicted octanol–water partition coefficient (Wildman–Crippen LogP) is 2.11. The molecular formula is C12H10N4OS. The Balaban J connectivity index is 2.29. The van der Waals surface area contributed by atoms with Crippen molar-refractivity contribution in [1.82, 2.24) is 19.7 Å². The van der Waals surface area contributed by atoms with Crippen LogP contribution in [0.4, 0.5) is 0 Å². The highest BCUT2D eigenvalue weighted by atomic mass is 32.1. The maximum absolute atomic E-state index is 5.32. The van der Waals surface area contributed by atoms with Gasteiger partial charge >= 0.3 is 0 Å². The zero-order valence-corrected chi connectivity index (χ0v) is 10.5. The number of para-hydroxylation sites is 2. The molecule has 3 aromatic rings. The summed E-state index contributed by atoms with van der Waals surface area (Å²) in [6.45, 7) is 0. The zero-order valence-electron chi connectivity index (χ0n) is 9.61. The molecule has 0 bridgehead atoms. The highest BCUT2D eigenvalue weighted by molar-refractivity contribution is 7.80. The van der Waals surface area contributed by atoms with E-state index in [1.54, 1.807) is 18.0 Å². The van der Waals surface area contributed by atoms with E-state index >= 15 is 0 Å². The number of nitrogens with zero attached hydrogens (tertiary/aromatic N) is 4. The number of fused-ring (bicyclic) bond motifs is 1. The fraction of sp³-hybridized carbons (Fsp3) is 0.0833. The lowest BCUT2D eigenvalue weighted by molar-refractivity contribution is 0.412. The van der Waals surface area contributed by atoms with E-state index in [0.29, 0.717) is 10.7 Å². The van der Waals surface area contributed by atoms with Crippen molar-refractivity contribution in [3.05, 3.63) is 36.8 Å². The monoisotopic (exact) mass is 258 g/mol. The summed E-state index contributed by atoms with van der Waals surface area (Å²) in [4.78, 5) is 8.26. The van der Waals surface area contributed by atoms with Gasteiger partial charge in [0.25, 0.3) is 0 Å². The van der Waals surface area contributed by atoms with E-state index in [0.717, 1.165) is 16.8 Å². The van der Waals surface area contributed by atoms with Gasteiger partial charge in [-0.1, -0.05) is 12.1 Å². The van der Waals surface area contributed by atoms with Crippen LogP contribution in [0.5, 0.6) is 5.75 Å². The first-order valence-corrected chi connectivity index (χ1v) is 5.77. The van der Waals surface area contributed by atoms with Gasteiger partial charge < -0.3 is 4.74 Å². The maximum atomic E-state index is 5.32. The molecule has 90 valence electrons. The van der Waals surface area contributed by atoms with Crippen LogP contribution < -0.4 is 4.74 Å². The van der Waals surface area contributed by atoms with Gasteiger partial charge in [0.15, 0.2) is 5.65 Å². The lowest BCUT2D eigenvalue weighted by atomic mass is 10.3. The summed E-state index contributed by atoms with van der Waals surface area (Å²) in [6, 6.07) is 7.64. The van der Waals surface area contributed by atoms with E-state index in [2.05, 4.69) is 27.7 Å². The first-order valence-electron chi connectivity index (χ1n) is 5.32. The first-order chi connectivity index (χ1) is 8.81. The van der Waals surface area contributed by atoms with E-state index < -0.39 is 0 Å². The summed E-state index contributed by atoms with van der Waals surface area (Å²) in [5.41, 5.74) is 1.54. The van der Waals surface area contributed by atoms with Gasteiger partial charge in [-0.15, -0.1) is 12.6 Å². The third-order valence-electron chi connectivity index (χ3n) is 2.66. The van der Waals surface area contributed by atoms with Crippen molar-refractivity contribution in [3.8, 4) is 11.4 Å². The Hall–Kier alpha value is -2.08. The Morgan fingerprint density at radius 2 is 2.06 bits per heavy atom. The van der Waals surface area contributed by atoms with Crippen LogP contribution in [0.25, 0.3) is 16.7 Å². The molecule has 3 rings (SSSR count). The summed E-state index contributed by atoms with van der Waals surface area (Å²) < 4.78 is 7.04. The average molecular weight is 258 g/mol. The lowest BCUT2D eigenvalue weighted by Crippen LogP contribution is -2.00. The van der Waals surface area contributed by atoms with Crippen LogP contribution >= 0.6 is 12.6 Å². The van der Waals surface area contributed by atoms with Gasteiger partial charge in [-0.05, 0) is 12.1 Å². The van der Waals surface area contributed by atoms with Crippen molar-refractivity contribution >= 4 is 23.7 Å². The van der Waals surface area contributed by atoms with Gasteiger partial charge in [-0.25, -0.2) is 14.6 Å². The van der Waals surface area contributed by atoms with Crippen LogP contribution in [0.3, 0.4) is 0 Å². The van der Waals surface area contributed by atoms with Crippen LogP contribution in [0.2, 0.25) is 0 Å². The normalized spacial score (nSPS) is 10.8. The van der Waals surface area contributed by atoms with Gasteiger partial charge in [0, 0.05) is 0 Å². The molecule has 0 aliphatic rings. The van der Waals surface area contributed by atoms with Gasteiger partial charge in [-0.2, -0.15) is 5.10 Å². The minimum Gasteiger partial charge on any atom is -0.494 e. The number of hydrogen-bond acceptors (Lipinski definition) is 5. The van der Waals surface area contributed by atoms with E-state index in [9.17, 15) is 0 Å². The quantitative estimate of drug-likeness (QED) is 0.565. The van der Waals surface area contributed by atoms with E-state index in [1.807, 2.05) is 24.3 Å². The fourth-order valence-electron chi connectivity index (χ4n) is 1.81. The van der Waals surface area contributed by atoms with Crippen LogP contribution in [0, 0.1) is 0 Å². The van der Waals surface area contributed by atoms with Crippen molar-refractivity contribution in [2.24, 2.45) is 0 Å². The SMILES string of the molecule is COc1ccccc1-n1ncc2c(S)ncnc21. The average Bonchev–Trinajstić information content (AvgIpc) is 2.84. The molecule has 0 atom stereocenters. The predicted molar refractivity (Wildman–Crippen MR) is 70.5 cm³/mol. The number of hydrogen-bond donors (Lipinski definition) is 1. The van der Waals surface area contributed by atoms with Crippen LogP contribution in [-0.2, 0) is 0 Å². The Morgan fingerprint density at radius 1 is 1.22 bits per heavy atom. The molecule has 0 radical (unpaired) electrons. The molecular weight excluding hydrogens is 248 g/mol. The van der Waals surface area contributed by atoms with Gasteiger partial charge in [0.1, 0.15) is 22.8 Å². The smallest absolute Gasteiger partial charge is 0.167 e.